The highest BCUT2D eigenvalue weighted by Gasteiger charge is 2.48. The van der Waals surface area contributed by atoms with E-state index in [2.05, 4.69) is 14.8 Å². The highest BCUT2D eigenvalue weighted by atomic mass is 32.2. The Kier molecular flexibility index (Phi) is 5.46. The van der Waals surface area contributed by atoms with Crippen molar-refractivity contribution in [1.82, 2.24) is 8.75 Å². The number of hydrogen-bond donors (Lipinski definition) is 1. The summed E-state index contributed by atoms with van der Waals surface area (Å²) in [5.74, 6) is -2.51. The molecular formula is C25H17N3O3S2. The van der Waals surface area contributed by atoms with Crippen LogP contribution in [0.1, 0.15) is 22.3 Å². The van der Waals surface area contributed by atoms with Gasteiger partial charge >= 0.3 is 5.97 Å². The van der Waals surface area contributed by atoms with Crippen LogP contribution in [0.4, 0.5) is 0 Å². The van der Waals surface area contributed by atoms with Crippen molar-refractivity contribution >= 4 is 46.1 Å². The third kappa shape index (κ3) is 3.80. The van der Waals surface area contributed by atoms with Crippen LogP contribution >= 0.6 is 23.5 Å². The summed E-state index contributed by atoms with van der Waals surface area (Å²) in [4.78, 5) is 14.2. The van der Waals surface area contributed by atoms with Crippen LogP contribution in [-0.4, -0.2) is 26.1 Å². The van der Waals surface area contributed by atoms with Gasteiger partial charge in [-0.2, -0.15) is 14.0 Å². The van der Waals surface area contributed by atoms with E-state index in [1.165, 1.54) is 0 Å². The lowest BCUT2D eigenvalue weighted by Crippen LogP contribution is -2.29. The fraction of sp³-hybridized carbons (Fsp3) is 0.120. The van der Waals surface area contributed by atoms with Gasteiger partial charge in [-0.1, -0.05) is 30.3 Å². The van der Waals surface area contributed by atoms with Gasteiger partial charge in [0, 0.05) is 22.5 Å². The first-order valence-corrected chi connectivity index (χ1v) is 12.0. The molecule has 162 valence electrons. The summed E-state index contributed by atoms with van der Waals surface area (Å²) in [6, 6.07) is 21.9. The number of esters is 1. The van der Waals surface area contributed by atoms with Crippen molar-refractivity contribution < 1.29 is 14.6 Å². The third-order valence-corrected chi connectivity index (χ3v) is 6.94. The summed E-state index contributed by atoms with van der Waals surface area (Å²) in [7, 11) is 0. The molecule has 1 aliphatic heterocycles. The predicted molar refractivity (Wildman–Crippen MR) is 127 cm³/mol. The normalized spacial score (nSPS) is 17.9. The van der Waals surface area contributed by atoms with Gasteiger partial charge in [0.2, 0.25) is 0 Å². The SMILES string of the molecule is CSc1ccc(C2(O)OC(=O)C(c3ccc4nsnc4c3)=C2Cc2ccc(C#N)cc2)cc1. The summed E-state index contributed by atoms with van der Waals surface area (Å²) < 4.78 is 14.1. The molecule has 0 saturated heterocycles. The lowest BCUT2D eigenvalue weighted by Gasteiger charge is -2.26. The number of nitrogens with zero attached hydrogens (tertiary/aromatic N) is 3. The monoisotopic (exact) mass is 471 g/mol. The molecule has 4 aromatic rings. The van der Waals surface area contributed by atoms with E-state index >= 15 is 0 Å². The average Bonchev–Trinajstić information content (AvgIpc) is 3.41. The summed E-state index contributed by atoms with van der Waals surface area (Å²) in [6.45, 7) is 0. The number of carbonyl (C=O) groups excluding carboxylic acids is 1. The number of benzene rings is 3. The molecule has 1 unspecified atom stereocenters. The van der Waals surface area contributed by atoms with Crippen LogP contribution in [0.15, 0.2) is 77.2 Å². The lowest BCUT2D eigenvalue weighted by atomic mass is 9.88. The van der Waals surface area contributed by atoms with Gasteiger partial charge in [0.05, 0.1) is 28.9 Å². The van der Waals surface area contributed by atoms with Crippen molar-refractivity contribution in [1.29, 1.82) is 5.26 Å². The first kappa shape index (κ1) is 21.3. The number of fused-ring (bicyclic) bond motifs is 1. The molecule has 33 heavy (non-hydrogen) atoms. The Morgan fingerprint density at radius 2 is 1.79 bits per heavy atom. The molecule has 0 bridgehead atoms. The van der Waals surface area contributed by atoms with Crippen molar-refractivity contribution in [3.05, 3.63) is 94.6 Å². The number of cyclic esters (lactones) is 1. The topological polar surface area (TPSA) is 96.1 Å². The molecule has 0 fully saturated rings. The van der Waals surface area contributed by atoms with E-state index in [0.29, 0.717) is 33.4 Å². The molecule has 3 aromatic carbocycles. The van der Waals surface area contributed by atoms with E-state index in [0.717, 1.165) is 27.7 Å². The van der Waals surface area contributed by atoms with Gasteiger partial charge < -0.3 is 9.84 Å². The Morgan fingerprint density at radius 3 is 2.48 bits per heavy atom. The molecule has 5 rings (SSSR count). The van der Waals surface area contributed by atoms with Crippen LogP contribution in [0.5, 0.6) is 0 Å². The van der Waals surface area contributed by atoms with Gasteiger partial charge in [-0.15, -0.1) is 11.8 Å². The van der Waals surface area contributed by atoms with E-state index in [-0.39, 0.29) is 6.42 Å². The van der Waals surface area contributed by atoms with E-state index in [9.17, 15) is 9.90 Å². The van der Waals surface area contributed by atoms with Crippen LogP contribution in [0.25, 0.3) is 16.6 Å². The second-order valence-corrected chi connectivity index (χ2v) is 8.98. The van der Waals surface area contributed by atoms with E-state index in [1.54, 1.807) is 54.2 Å². The highest BCUT2D eigenvalue weighted by Crippen LogP contribution is 2.45. The molecule has 1 N–H and O–H groups in total. The molecule has 0 amide bonds. The maximum absolute atomic E-state index is 13.1. The molecule has 1 atom stereocenters. The molecule has 8 heteroatoms. The molecule has 0 radical (unpaired) electrons. The first-order chi connectivity index (χ1) is 16.0. The molecular weight excluding hydrogens is 454 g/mol. The van der Waals surface area contributed by atoms with Gasteiger partial charge in [-0.25, -0.2) is 4.79 Å². The van der Waals surface area contributed by atoms with Crippen LogP contribution in [0.2, 0.25) is 0 Å². The number of ether oxygens (including phenoxy) is 1. The zero-order chi connectivity index (χ0) is 23.0. The minimum atomic E-state index is -1.91. The fourth-order valence-corrected chi connectivity index (χ4v) is 4.85. The van der Waals surface area contributed by atoms with Gasteiger partial charge in [0.15, 0.2) is 0 Å². The number of nitriles is 1. The number of thioether (sulfide) groups is 1. The second-order valence-electron chi connectivity index (χ2n) is 7.57. The summed E-state index contributed by atoms with van der Waals surface area (Å²) in [5, 5.41) is 20.8. The highest BCUT2D eigenvalue weighted by molar-refractivity contribution is 7.98. The van der Waals surface area contributed by atoms with Crippen molar-refractivity contribution in [2.45, 2.75) is 17.1 Å². The Bertz CT molecular complexity index is 1440. The van der Waals surface area contributed by atoms with E-state index in [1.807, 2.05) is 30.5 Å². The zero-order valence-electron chi connectivity index (χ0n) is 17.5. The van der Waals surface area contributed by atoms with Crippen molar-refractivity contribution in [3.8, 4) is 6.07 Å². The van der Waals surface area contributed by atoms with Crippen molar-refractivity contribution in [3.63, 3.8) is 0 Å². The third-order valence-electron chi connectivity index (χ3n) is 5.64. The molecule has 2 heterocycles. The number of hydrogen-bond acceptors (Lipinski definition) is 8. The van der Waals surface area contributed by atoms with E-state index in [4.69, 9.17) is 10.00 Å². The van der Waals surface area contributed by atoms with E-state index < -0.39 is 11.8 Å². The molecule has 1 aliphatic rings. The minimum absolute atomic E-state index is 0.265. The fourth-order valence-electron chi connectivity index (χ4n) is 3.93. The molecule has 0 aliphatic carbocycles. The summed E-state index contributed by atoms with van der Waals surface area (Å²) in [5.41, 5.74) is 4.64. The smallest absolute Gasteiger partial charge is 0.342 e. The Hall–Kier alpha value is -3.51. The molecule has 0 spiro atoms. The van der Waals surface area contributed by atoms with Crippen LogP contribution in [0, 0.1) is 11.3 Å². The number of aromatic nitrogens is 2. The standard InChI is InChI=1S/C25H17N3O3S2/c1-32-19-9-7-18(8-10-19)25(30)20(12-15-2-4-16(14-26)5-3-15)23(24(29)31-25)17-6-11-21-22(13-17)28-33-27-21/h2-11,13,30H,12H2,1H3. The Labute approximate surface area is 198 Å². The Balaban J connectivity index is 1.68. The van der Waals surface area contributed by atoms with Crippen LogP contribution in [-0.2, 0) is 21.7 Å². The largest absolute Gasteiger partial charge is 0.421 e. The number of aliphatic hydroxyl groups is 1. The summed E-state index contributed by atoms with van der Waals surface area (Å²) in [6.07, 6.45) is 2.23. The lowest BCUT2D eigenvalue weighted by molar-refractivity contribution is -0.185. The molecule has 6 nitrogen and oxygen atoms in total. The van der Waals surface area contributed by atoms with Crippen molar-refractivity contribution in [2.75, 3.05) is 6.26 Å². The molecule has 1 aromatic heterocycles. The number of carbonyl (C=O) groups is 1. The van der Waals surface area contributed by atoms with Gasteiger partial charge in [0.25, 0.3) is 5.79 Å². The second kappa shape index (κ2) is 8.45. The minimum Gasteiger partial charge on any atom is -0.421 e. The zero-order valence-corrected chi connectivity index (χ0v) is 19.1. The average molecular weight is 472 g/mol. The maximum Gasteiger partial charge on any atom is 0.342 e. The first-order valence-electron chi connectivity index (χ1n) is 10.1. The van der Waals surface area contributed by atoms with Gasteiger partial charge in [-0.3, -0.25) is 0 Å². The van der Waals surface area contributed by atoms with Crippen LogP contribution < -0.4 is 0 Å². The molecule has 0 saturated carbocycles. The maximum atomic E-state index is 13.1. The van der Waals surface area contributed by atoms with Crippen LogP contribution in [0.3, 0.4) is 0 Å². The summed E-state index contributed by atoms with van der Waals surface area (Å²) >= 11 is 2.69. The quantitative estimate of drug-likeness (QED) is 0.333. The predicted octanol–water partition coefficient (Wildman–Crippen LogP) is 4.68. The number of rotatable bonds is 5. The Morgan fingerprint density at radius 1 is 1.06 bits per heavy atom. The van der Waals surface area contributed by atoms with Crippen molar-refractivity contribution in [2.24, 2.45) is 0 Å². The van der Waals surface area contributed by atoms with Gasteiger partial charge in [-0.05, 0) is 53.8 Å². The van der Waals surface area contributed by atoms with Gasteiger partial charge in [0.1, 0.15) is 11.0 Å².